The second kappa shape index (κ2) is 20.2. The Balaban J connectivity index is 1.12. The first-order valence-corrected chi connectivity index (χ1v) is 20.4. The third kappa shape index (κ3) is 10.2. The van der Waals surface area contributed by atoms with E-state index in [0.29, 0.717) is 5.56 Å². The molecule has 0 aliphatic carbocycles. The molecule has 24 heteroatoms. The molecular formula is C43H49O24+. The molecule has 364 valence electrons. The zero-order valence-electron chi connectivity index (χ0n) is 35.2. The summed E-state index contributed by atoms with van der Waals surface area (Å²) < 4.78 is 51.2. The van der Waals surface area contributed by atoms with Gasteiger partial charge in [0.1, 0.15) is 77.9 Å². The molecule has 15 atom stereocenters. The number of methoxy groups -OCH3 is 1. The molecule has 0 amide bonds. The molecule has 4 aromatic rings. The van der Waals surface area contributed by atoms with Crippen molar-refractivity contribution in [3.63, 3.8) is 0 Å². The second-order valence-electron chi connectivity index (χ2n) is 15.8. The molecule has 1 aromatic heterocycles. The van der Waals surface area contributed by atoms with Crippen LogP contribution >= 0.6 is 0 Å². The van der Waals surface area contributed by atoms with Crippen LogP contribution in [-0.2, 0) is 28.5 Å². The summed E-state index contributed by atoms with van der Waals surface area (Å²) in [5.41, 5.74) is 0.0995. The van der Waals surface area contributed by atoms with E-state index in [1.54, 1.807) is 0 Å². The summed E-state index contributed by atoms with van der Waals surface area (Å²) in [5.74, 6) is -4.82. The average Bonchev–Trinajstić information content (AvgIpc) is 3.30. The van der Waals surface area contributed by atoms with Crippen LogP contribution in [-0.4, -0.2) is 190 Å². The lowest BCUT2D eigenvalue weighted by Crippen LogP contribution is -2.62. The van der Waals surface area contributed by atoms with E-state index in [2.05, 4.69) is 0 Å². The summed E-state index contributed by atoms with van der Waals surface area (Å²) in [6, 6.07) is 9.41. The molecule has 0 radical (unpaired) electrons. The first-order valence-electron chi connectivity index (χ1n) is 20.4. The Morgan fingerprint density at radius 1 is 0.672 bits per heavy atom. The third-order valence-electron chi connectivity index (χ3n) is 11.2. The largest absolute Gasteiger partial charge is 0.507 e. The number of ether oxygens (including phenoxy) is 8. The fraction of sp³-hybridized carbons (Fsp3) is 0.442. The van der Waals surface area contributed by atoms with Crippen LogP contribution in [0.1, 0.15) is 12.5 Å². The topological polar surface area (TPSA) is 385 Å². The van der Waals surface area contributed by atoms with Crippen LogP contribution in [0.15, 0.2) is 59.0 Å². The molecule has 67 heavy (non-hydrogen) atoms. The maximum absolute atomic E-state index is 12.6. The van der Waals surface area contributed by atoms with Crippen molar-refractivity contribution in [2.45, 2.75) is 99.0 Å². The predicted octanol–water partition coefficient (Wildman–Crippen LogP) is -1.61. The molecule has 3 aromatic carbocycles. The SMILES string of the molecule is COc1cc(-c2[o+]c3cc(O)cc(O[C@@H]4OC(CO)[C@@H](O)[C@H](O)C4O)c3cc2O[C@@H]2OC(CO[C@@H]3OC(C)[C@H](OC(=O)/C=C/c4ccc(O)c(O)c4)C(O)[C@@H]3O)[C@@H](O)[C@H](O)C2O)cc(O)c1O. The highest BCUT2D eigenvalue weighted by molar-refractivity contribution is 5.89. The number of aliphatic hydroxyl groups excluding tert-OH is 9. The highest BCUT2D eigenvalue weighted by atomic mass is 16.7. The zero-order chi connectivity index (χ0) is 48.6. The summed E-state index contributed by atoms with van der Waals surface area (Å²) in [7, 11) is 1.19. The van der Waals surface area contributed by atoms with Gasteiger partial charge in [-0.15, -0.1) is 0 Å². The Bertz CT molecular complexity index is 2430. The molecule has 3 aliphatic rings. The minimum absolute atomic E-state index is 0.0525. The summed E-state index contributed by atoms with van der Waals surface area (Å²) in [6.45, 7) is -0.0866. The van der Waals surface area contributed by atoms with Crippen molar-refractivity contribution in [2.24, 2.45) is 0 Å². The van der Waals surface area contributed by atoms with Gasteiger partial charge in [-0.3, -0.25) is 0 Å². The van der Waals surface area contributed by atoms with Crippen molar-refractivity contribution in [1.82, 2.24) is 0 Å². The summed E-state index contributed by atoms with van der Waals surface area (Å²) in [5, 5.41) is 147. The number of esters is 1. The number of phenolic OH excluding ortho intramolecular Hbond substituents is 5. The van der Waals surface area contributed by atoms with Crippen LogP contribution < -0.4 is 14.2 Å². The second-order valence-corrected chi connectivity index (χ2v) is 15.8. The molecule has 7 rings (SSSR count). The first-order chi connectivity index (χ1) is 31.8. The van der Waals surface area contributed by atoms with Gasteiger partial charge < -0.3 is 109 Å². The fourth-order valence-electron chi connectivity index (χ4n) is 7.48. The molecule has 3 aliphatic heterocycles. The maximum Gasteiger partial charge on any atom is 0.402 e. The van der Waals surface area contributed by atoms with E-state index in [0.717, 1.165) is 24.3 Å². The number of carbonyl (C=O) groups excluding carboxylic acids is 1. The summed E-state index contributed by atoms with van der Waals surface area (Å²) in [6.07, 6.45) is -23.6. The zero-order valence-corrected chi connectivity index (χ0v) is 35.2. The number of fused-ring (bicyclic) bond motifs is 1. The quantitative estimate of drug-likeness (QED) is 0.0310. The fourth-order valence-corrected chi connectivity index (χ4v) is 7.48. The van der Waals surface area contributed by atoms with E-state index < -0.39 is 134 Å². The van der Waals surface area contributed by atoms with Crippen molar-refractivity contribution in [3.8, 4) is 57.3 Å². The Morgan fingerprint density at radius 3 is 1.97 bits per heavy atom. The van der Waals surface area contributed by atoms with E-state index in [-0.39, 0.29) is 45.3 Å². The first kappa shape index (κ1) is 49.1. The number of carbonyl (C=O) groups is 1. The highest BCUT2D eigenvalue weighted by Crippen LogP contribution is 2.46. The minimum Gasteiger partial charge on any atom is -0.507 e. The number of phenols is 5. The van der Waals surface area contributed by atoms with Crippen LogP contribution in [0.2, 0.25) is 0 Å². The Morgan fingerprint density at radius 2 is 1.31 bits per heavy atom. The van der Waals surface area contributed by atoms with Gasteiger partial charge in [0.15, 0.2) is 35.4 Å². The van der Waals surface area contributed by atoms with Crippen LogP contribution in [0.5, 0.6) is 46.0 Å². The van der Waals surface area contributed by atoms with Crippen LogP contribution in [0.25, 0.3) is 28.4 Å². The summed E-state index contributed by atoms with van der Waals surface area (Å²) in [4.78, 5) is 12.6. The molecule has 3 saturated heterocycles. The monoisotopic (exact) mass is 949 g/mol. The van der Waals surface area contributed by atoms with E-state index in [4.69, 9.17) is 42.3 Å². The van der Waals surface area contributed by atoms with Crippen molar-refractivity contribution < 1.29 is 119 Å². The molecule has 0 bridgehead atoms. The normalized spacial score (nSPS) is 32.3. The number of aliphatic hydroxyl groups is 9. The van der Waals surface area contributed by atoms with Crippen LogP contribution in [0, 0.1) is 0 Å². The van der Waals surface area contributed by atoms with Crippen molar-refractivity contribution in [1.29, 1.82) is 0 Å². The minimum atomic E-state index is -2.02. The highest BCUT2D eigenvalue weighted by Gasteiger charge is 2.50. The van der Waals surface area contributed by atoms with Gasteiger partial charge in [0, 0.05) is 30.3 Å². The van der Waals surface area contributed by atoms with Crippen molar-refractivity contribution in [2.75, 3.05) is 20.3 Å². The molecule has 3 fully saturated rings. The van der Waals surface area contributed by atoms with Gasteiger partial charge in [-0.2, -0.15) is 0 Å². The van der Waals surface area contributed by atoms with E-state index >= 15 is 0 Å². The molecule has 14 N–H and O–H groups in total. The molecule has 24 nitrogen and oxygen atoms in total. The van der Waals surface area contributed by atoms with Gasteiger partial charge in [0.2, 0.25) is 24.1 Å². The van der Waals surface area contributed by atoms with E-state index in [1.807, 2.05) is 0 Å². The van der Waals surface area contributed by atoms with Gasteiger partial charge in [0.05, 0.1) is 38.1 Å². The Kier molecular flexibility index (Phi) is 14.8. The molecule has 0 saturated carbocycles. The van der Waals surface area contributed by atoms with Crippen LogP contribution in [0.4, 0.5) is 0 Å². The average molecular weight is 950 g/mol. The number of hydrogen-bond acceptors (Lipinski definition) is 23. The van der Waals surface area contributed by atoms with Gasteiger partial charge in [0.25, 0.3) is 0 Å². The molecular weight excluding hydrogens is 900 g/mol. The lowest BCUT2D eigenvalue weighted by atomic mass is 9.98. The number of aromatic hydroxyl groups is 5. The van der Waals surface area contributed by atoms with E-state index in [9.17, 15) is 76.3 Å². The van der Waals surface area contributed by atoms with Crippen molar-refractivity contribution >= 4 is 23.0 Å². The van der Waals surface area contributed by atoms with E-state index in [1.165, 1.54) is 50.4 Å². The predicted molar refractivity (Wildman–Crippen MR) is 220 cm³/mol. The van der Waals surface area contributed by atoms with Crippen LogP contribution in [0.3, 0.4) is 0 Å². The molecule has 0 spiro atoms. The smallest absolute Gasteiger partial charge is 0.402 e. The van der Waals surface area contributed by atoms with Gasteiger partial charge >= 0.3 is 17.3 Å². The van der Waals surface area contributed by atoms with Gasteiger partial charge in [-0.25, -0.2) is 9.21 Å². The summed E-state index contributed by atoms with van der Waals surface area (Å²) >= 11 is 0. The number of benzene rings is 3. The van der Waals surface area contributed by atoms with Gasteiger partial charge in [-0.1, -0.05) is 6.07 Å². The number of hydrogen-bond donors (Lipinski definition) is 14. The number of rotatable bonds is 13. The Hall–Kier alpha value is -5.84. The third-order valence-corrected chi connectivity index (χ3v) is 11.2. The molecule has 4 heterocycles. The Labute approximate surface area is 378 Å². The standard InChI is InChI=1S/C43H48O24/c1-15-39(67-29(49)6-4-16-3-5-20(46)21(47)7-16)35(55)38(58)41(61-15)60-14-28-32(52)34(54)37(57)43(66-28)64-26-12-19-23(62-40(26)17-8-22(48)30(50)25(9-17)59-2)10-18(45)11-24(19)63-42-36(56)33(53)31(51)27(13-44)65-42/h3-12,15,27-28,31-39,41-44,51-58H,13-14H2,1-2H3,(H4-,45,46,47,48,49,50)/p+1/t15?,27?,28?,31-,32-,33+,34+,35?,36?,37?,38+,39+,41-,42-,43-/m1/s1. The van der Waals surface area contributed by atoms with Gasteiger partial charge in [-0.05, 0) is 30.7 Å². The van der Waals surface area contributed by atoms with Crippen molar-refractivity contribution in [3.05, 3.63) is 60.2 Å². The lowest BCUT2D eigenvalue weighted by Gasteiger charge is -2.42. The molecule has 6 unspecified atom stereocenters. The lowest BCUT2D eigenvalue weighted by molar-refractivity contribution is -0.319. The maximum atomic E-state index is 12.6.